The van der Waals surface area contributed by atoms with Gasteiger partial charge in [0, 0.05) is 32.6 Å². The van der Waals surface area contributed by atoms with E-state index in [0.29, 0.717) is 49.7 Å². The Labute approximate surface area is 174 Å². The summed E-state index contributed by atoms with van der Waals surface area (Å²) in [6.07, 6.45) is 0.868. The summed E-state index contributed by atoms with van der Waals surface area (Å²) in [5.41, 5.74) is 6.28. The van der Waals surface area contributed by atoms with Gasteiger partial charge >= 0.3 is 0 Å². The Kier molecular flexibility index (Phi) is 7.18. The molecule has 0 radical (unpaired) electrons. The number of carbonyl (C=O) groups is 2. The summed E-state index contributed by atoms with van der Waals surface area (Å²) >= 11 is 0. The number of hydrogen-bond donors (Lipinski definition) is 4. The van der Waals surface area contributed by atoms with Gasteiger partial charge in [0.25, 0.3) is 5.91 Å². The summed E-state index contributed by atoms with van der Waals surface area (Å²) < 4.78 is 13.4. The van der Waals surface area contributed by atoms with Gasteiger partial charge in [-0.05, 0) is 42.7 Å². The summed E-state index contributed by atoms with van der Waals surface area (Å²) in [5.74, 6) is -0.111. The fourth-order valence-corrected chi connectivity index (χ4v) is 3.31. The van der Waals surface area contributed by atoms with Crippen LogP contribution in [0.5, 0.6) is 0 Å². The molecule has 0 saturated carbocycles. The van der Waals surface area contributed by atoms with Crippen molar-refractivity contribution in [3.8, 4) is 0 Å². The van der Waals surface area contributed by atoms with Crippen LogP contribution < -0.4 is 21.3 Å². The highest BCUT2D eigenvalue weighted by Gasteiger charge is 2.23. The van der Waals surface area contributed by atoms with Gasteiger partial charge in [-0.15, -0.1) is 0 Å². The number of nitrogens with two attached hydrogens (primary N) is 1. The number of benzene rings is 1. The van der Waals surface area contributed by atoms with E-state index in [1.165, 1.54) is 12.1 Å². The number of aromatic nitrogens is 1. The number of rotatable bonds is 9. The molecule has 1 saturated heterocycles. The standard InChI is InChI=1S/C21H26FN5O3/c22-15-3-1-2-14(12-15)6-9-24-20-17(21(30)25-10-7-18(23)29)4-5-19(26-20)27-11-8-16(28)13-27/h1-5,12,16,28H,6-11,13H2,(H2,23,29)(H,24,26)(H,25,30)/t16-/m1/s1. The van der Waals surface area contributed by atoms with E-state index >= 15 is 0 Å². The molecule has 8 nitrogen and oxygen atoms in total. The van der Waals surface area contributed by atoms with Crippen molar-refractivity contribution < 1.29 is 19.1 Å². The third-order valence-electron chi connectivity index (χ3n) is 4.86. The monoisotopic (exact) mass is 415 g/mol. The highest BCUT2D eigenvalue weighted by atomic mass is 19.1. The average Bonchev–Trinajstić information content (AvgIpc) is 3.14. The molecule has 1 aliphatic rings. The second-order valence-electron chi connectivity index (χ2n) is 7.23. The molecule has 0 bridgehead atoms. The maximum absolute atomic E-state index is 13.4. The molecule has 3 rings (SSSR count). The first kappa shape index (κ1) is 21.5. The number of nitrogens with one attached hydrogen (secondary N) is 2. The lowest BCUT2D eigenvalue weighted by Gasteiger charge is -2.19. The van der Waals surface area contributed by atoms with Crippen LogP contribution in [0.2, 0.25) is 0 Å². The van der Waals surface area contributed by atoms with Crippen LogP contribution in [0.1, 0.15) is 28.8 Å². The molecule has 1 fully saturated rings. The van der Waals surface area contributed by atoms with Crippen molar-refractivity contribution in [3.63, 3.8) is 0 Å². The van der Waals surface area contributed by atoms with Gasteiger partial charge in [0.05, 0.1) is 11.7 Å². The van der Waals surface area contributed by atoms with Gasteiger partial charge in [-0.2, -0.15) is 0 Å². The quantitative estimate of drug-likeness (QED) is 0.486. The van der Waals surface area contributed by atoms with Crippen molar-refractivity contribution in [2.75, 3.05) is 36.4 Å². The molecule has 2 aromatic rings. The molecule has 9 heteroatoms. The van der Waals surface area contributed by atoms with E-state index in [1.54, 1.807) is 18.2 Å². The minimum Gasteiger partial charge on any atom is -0.391 e. The van der Waals surface area contributed by atoms with Gasteiger partial charge in [-0.25, -0.2) is 9.37 Å². The lowest BCUT2D eigenvalue weighted by molar-refractivity contribution is -0.117. The van der Waals surface area contributed by atoms with Gasteiger partial charge in [0.2, 0.25) is 5.91 Å². The van der Waals surface area contributed by atoms with Gasteiger partial charge in [0.1, 0.15) is 17.5 Å². The molecule has 2 amide bonds. The fourth-order valence-electron chi connectivity index (χ4n) is 3.31. The van der Waals surface area contributed by atoms with E-state index in [9.17, 15) is 19.1 Å². The van der Waals surface area contributed by atoms with E-state index < -0.39 is 12.0 Å². The number of hydrogen-bond acceptors (Lipinski definition) is 6. The molecule has 1 aromatic carbocycles. The largest absolute Gasteiger partial charge is 0.391 e. The van der Waals surface area contributed by atoms with Crippen LogP contribution in [0.25, 0.3) is 0 Å². The van der Waals surface area contributed by atoms with Crippen molar-refractivity contribution in [1.29, 1.82) is 0 Å². The maximum atomic E-state index is 13.4. The number of carbonyl (C=O) groups excluding carboxylic acids is 2. The smallest absolute Gasteiger partial charge is 0.255 e. The Hall–Kier alpha value is -3.20. The van der Waals surface area contributed by atoms with Gasteiger partial charge in [0.15, 0.2) is 0 Å². The van der Waals surface area contributed by atoms with Crippen LogP contribution in [0.15, 0.2) is 36.4 Å². The van der Waals surface area contributed by atoms with Crippen molar-refractivity contribution in [3.05, 3.63) is 53.3 Å². The first-order valence-electron chi connectivity index (χ1n) is 9.91. The predicted molar refractivity (Wildman–Crippen MR) is 112 cm³/mol. The van der Waals surface area contributed by atoms with E-state index in [2.05, 4.69) is 15.6 Å². The molecule has 2 heterocycles. The third-order valence-corrected chi connectivity index (χ3v) is 4.86. The normalized spacial score (nSPS) is 15.8. The SMILES string of the molecule is NC(=O)CCNC(=O)c1ccc(N2CC[C@@H](O)C2)nc1NCCc1cccc(F)c1. The summed E-state index contributed by atoms with van der Waals surface area (Å²) in [4.78, 5) is 30.0. The summed E-state index contributed by atoms with van der Waals surface area (Å²) in [5, 5.41) is 15.6. The molecule has 1 atom stereocenters. The summed E-state index contributed by atoms with van der Waals surface area (Å²) in [7, 11) is 0. The molecule has 0 aliphatic carbocycles. The first-order chi connectivity index (χ1) is 14.4. The molecule has 1 aliphatic heterocycles. The van der Waals surface area contributed by atoms with E-state index in [1.807, 2.05) is 11.0 Å². The zero-order chi connectivity index (χ0) is 21.5. The second-order valence-corrected chi connectivity index (χ2v) is 7.23. The fraction of sp³-hybridized carbons (Fsp3) is 0.381. The van der Waals surface area contributed by atoms with Crippen LogP contribution in [0.3, 0.4) is 0 Å². The number of anilines is 2. The molecule has 1 aromatic heterocycles. The number of halogens is 1. The Morgan fingerprint density at radius 2 is 2.10 bits per heavy atom. The molecule has 0 spiro atoms. The van der Waals surface area contributed by atoms with Gasteiger partial charge in [-0.1, -0.05) is 12.1 Å². The lowest BCUT2D eigenvalue weighted by Crippen LogP contribution is -2.29. The molecule has 5 N–H and O–H groups in total. The van der Waals surface area contributed by atoms with Crippen LogP contribution >= 0.6 is 0 Å². The van der Waals surface area contributed by atoms with E-state index in [0.717, 1.165) is 5.56 Å². The number of pyridine rings is 1. The van der Waals surface area contributed by atoms with Crippen molar-refractivity contribution in [2.24, 2.45) is 5.73 Å². The van der Waals surface area contributed by atoms with Gasteiger partial charge < -0.3 is 26.4 Å². The third kappa shape index (κ3) is 5.90. The van der Waals surface area contributed by atoms with Gasteiger partial charge in [-0.3, -0.25) is 9.59 Å². The topological polar surface area (TPSA) is 121 Å². The van der Waals surface area contributed by atoms with Crippen LogP contribution in [-0.2, 0) is 11.2 Å². The first-order valence-corrected chi connectivity index (χ1v) is 9.91. The minimum absolute atomic E-state index is 0.0469. The number of primary amides is 1. The zero-order valence-electron chi connectivity index (χ0n) is 16.6. The molecule has 160 valence electrons. The van der Waals surface area contributed by atoms with E-state index in [-0.39, 0.29) is 24.7 Å². The van der Waals surface area contributed by atoms with Crippen LogP contribution in [-0.4, -0.2) is 54.2 Å². The second kappa shape index (κ2) is 10.0. The number of nitrogens with zero attached hydrogens (tertiary/aromatic N) is 2. The number of amides is 2. The van der Waals surface area contributed by atoms with Crippen molar-refractivity contribution >= 4 is 23.5 Å². The minimum atomic E-state index is -0.496. The van der Waals surface area contributed by atoms with Crippen LogP contribution in [0.4, 0.5) is 16.0 Å². The Bertz CT molecular complexity index is 908. The predicted octanol–water partition coefficient (Wildman–Crippen LogP) is 1.05. The summed E-state index contributed by atoms with van der Waals surface area (Å²) in [6, 6.07) is 9.74. The molecule has 30 heavy (non-hydrogen) atoms. The number of β-amino-alcohol motifs (C(OH)–C–C–N with tert-alkyl or cyclic N) is 1. The Morgan fingerprint density at radius 1 is 1.27 bits per heavy atom. The zero-order valence-corrected chi connectivity index (χ0v) is 16.6. The highest BCUT2D eigenvalue weighted by molar-refractivity contribution is 5.99. The molecule has 0 unspecified atom stereocenters. The van der Waals surface area contributed by atoms with Crippen molar-refractivity contribution in [2.45, 2.75) is 25.4 Å². The van der Waals surface area contributed by atoms with E-state index in [4.69, 9.17) is 5.73 Å². The van der Waals surface area contributed by atoms with Crippen LogP contribution in [0, 0.1) is 5.82 Å². The molecular weight excluding hydrogens is 389 g/mol. The number of aliphatic hydroxyl groups excluding tert-OH is 1. The molecular formula is C21H26FN5O3. The Morgan fingerprint density at radius 3 is 2.80 bits per heavy atom. The maximum Gasteiger partial charge on any atom is 0.255 e. The number of aliphatic hydroxyl groups is 1. The summed E-state index contributed by atoms with van der Waals surface area (Å²) in [6.45, 7) is 1.75. The average molecular weight is 415 g/mol. The van der Waals surface area contributed by atoms with Crippen molar-refractivity contribution in [1.82, 2.24) is 10.3 Å². The Balaban J connectivity index is 1.73. The highest BCUT2D eigenvalue weighted by Crippen LogP contribution is 2.23. The lowest BCUT2D eigenvalue weighted by atomic mass is 10.1.